The Hall–Kier alpha value is -0.0800. The lowest BCUT2D eigenvalue weighted by molar-refractivity contribution is -0.0755. The SMILES string of the molecule is CCCCCOC1(CN)CCC(C(C)C)CC1. The Labute approximate surface area is 107 Å². The predicted octanol–water partition coefficient (Wildman–Crippen LogP) is 3.74. The maximum absolute atomic E-state index is 6.12. The van der Waals surface area contributed by atoms with Crippen molar-refractivity contribution in [1.82, 2.24) is 0 Å². The number of unbranched alkanes of at least 4 members (excludes halogenated alkanes) is 2. The summed E-state index contributed by atoms with van der Waals surface area (Å²) in [6, 6.07) is 0. The van der Waals surface area contributed by atoms with Gasteiger partial charge in [-0.25, -0.2) is 0 Å². The van der Waals surface area contributed by atoms with Crippen LogP contribution in [-0.2, 0) is 4.74 Å². The van der Waals surface area contributed by atoms with Gasteiger partial charge in [-0.2, -0.15) is 0 Å². The summed E-state index contributed by atoms with van der Waals surface area (Å²) in [5.41, 5.74) is 5.96. The summed E-state index contributed by atoms with van der Waals surface area (Å²) in [4.78, 5) is 0. The molecule has 0 spiro atoms. The third-order valence-corrected chi connectivity index (χ3v) is 4.41. The first-order valence-electron chi connectivity index (χ1n) is 7.47. The van der Waals surface area contributed by atoms with Crippen LogP contribution in [0.1, 0.15) is 65.7 Å². The van der Waals surface area contributed by atoms with Crippen molar-refractivity contribution in [1.29, 1.82) is 0 Å². The van der Waals surface area contributed by atoms with E-state index < -0.39 is 0 Å². The van der Waals surface area contributed by atoms with Gasteiger partial charge in [-0.05, 0) is 43.9 Å². The van der Waals surface area contributed by atoms with Crippen LogP contribution >= 0.6 is 0 Å². The van der Waals surface area contributed by atoms with Gasteiger partial charge in [-0.15, -0.1) is 0 Å². The van der Waals surface area contributed by atoms with E-state index in [1.54, 1.807) is 0 Å². The monoisotopic (exact) mass is 241 g/mol. The van der Waals surface area contributed by atoms with Crippen LogP contribution in [0.2, 0.25) is 0 Å². The normalized spacial score (nSPS) is 29.8. The topological polar surface area (TPSA) is 35.2 Å². The van der Waals surface area contributed by atoms with E-state index in [-0.39, 0.29) is 5.60 Å². The summed E-state index contributed by atoms with van der Waals surface area (Å²) >= 11 is 0. The largest absolute Gasteiger partial charge is 0.374 e. The summed E-state index contributed by atoms with van der Waals surface area (Å²) < 4.78 is 6.12. The molecular weight excluding hydrogens is 210 g/mol. The quantitative estimate of drug-likeness (QED) is 0.689. The maximum Gasteiger partial charge on any atom is 0.0804 e. The van der Waals surface area contributed by atoms with E-state index in [1.165, 1.54) is 44.9 Å². The Kier molecular flexibility index (Phi) is 6.50. The summed E-state index contributed by atoms with van der Waals surface area (Å²) in [6.07, 6.45) is 8.64. The minimum atomic E-state index is 0.0130. The standard InChI is InChI=1S/C15H31NO/c1-4-5-6-11-17-15(12-16)9-7-14(8-10-15)13(2)3/h13-14H,4-12,16H2,1-3H3. The van der Waals surface area contributed by atoms with Gasteiger partial charge in [0.05, 0.1) is 5.60 Å². The van der Waals surface area contributed by atoms with Gasteiger partial charge in [0.1, 0.15) is 0 Å². The molecule has 2 N–H and O–H groups in total. The first-order valence-corrected chi connectivity index (χ1v) is 7.47. The fourth-order valence-corrected chi connectivity index (χ4v) is 2.88. The molecule has 2 nitrogen and oxygen atoms in total. The Bertz CT molecular complexity index is 195. The van der Waals surface area contributed by atoms with Gasteiger partial charge in [0, 0.05) is 13.2 Å². The van der Waals surface area contributed by atoms with Crippen molar-refractivity contribution in [2.45, 2.75) is 71.3 Å². The molecule has 0 aromatic heterocycles. The molecule has 102 valence electrons. The molecular formula is C15H31NO. The molecule has 0 saturated heterocycles. The highest BCUT2D eigenvalue weighted by Crippen LogP contribution is 2.37. The highest BCUT2D eigenvalue weighted by molar-refractivity contribution is 4.89. The molecule has 2 heteroatoms. The molecule has 0 atom stereocenters. The van der Waals surface area contributed by atoms with Crippen molar-refractivity contribution < 1.29 is 4.74 Å². The average Bonchev–Trinajstić information content (AvgIpc) is 2.35. The van der Waals surface area contributed by atoms with E-state index in [0.29, 0.717) is 6.54 Å². The van der Waals surface area contributed by atoms with Gasteiger partial charge < -0.3 is 10.5 Å². The zero-order valence-electron chi connectivity index (χ0n) is 12.0. The highest BCUT2D eigenvalue weighted by atomic mass is 16.5. The van der Waals surface area contributed by atoms with E-state index in [9.17, 15) is 0 Å². The Morgan fingerprint density at radius 2 is 1.88 bits per heavy atom. The van der Waals surface area contributed by atoms with Gasteiger partial charge in [0.25, 0.3) is 0 Å². The number of nitrogens with two attached hydrogens (primary N) is 1. The van der Waals surface area contributed by atoms with Crippen LogP contribution < -0.4 is 5.73 Å². The highest BCUT2D eigenvalue weighted by Gasteiger charge is 2.35. The zero-order chi connectivity index (χ0) is 12.7. The van der Waals surface area contributed by atoms with Crippen LogP contribution in [0, 0.1) is 11.8 Å². The molecule has 0 heterocycles. The molecule has 0 aromatic rings. The predicted molar refractivity (Wildman–Crippen MR) is 74.1 cm³/mol. The summed E-state index contributed by atoms with van der Waals surface area (Å²) in [5.74, 6) is 1.69. The van der Waals surface area contributed by atoms with Crippen molar-refractivity contribution >= 4 is 0 Å². The first-order chi connectivity index (χ1) is 8.13. The van der Waals surface area contributed by atoms with Gasteiger partial charge in [-0.1, -0.05) is 33.6 Å². The second-order valence-corrected chi connectivity index (χ2v) is 6.02. The summed E-state index contributed by atoms with van der Waals surface area (Å²) in [7, 11) is 0. The second-order valence-electron chi connectivity index (χ2n) is 6.02. The zero-order valence-corrected chi connectivity index (χ0v) is 12.0. The molecule has 1 saturated carbocycles. The number of hydrogen-bond donors (Lipinski definition) is 1. The Morgan fingerprint density at radius 1 is 1.24 bits per heavy atom. The molecule has 0 unspecified atom stereocenters. The lowest BCUT2D eigenvalue weighted by Gasteiger charge is -2.40. The molecule has 17 heavy (non-hydrogen) atoms. The smallest absolute Gasteiger partial charge is 0.0804 e. The number of hydrogen-bond acceptors (Lipinski definition) is 2. The van der Waals surface area contributed by atoms with Crippen LogP contribution in [0.5, 0.6) is 0 Å². The third-order valence-electron chi connectivity index (χ3n) is 4.41. The van der Waals surface area contributed by atoms with Crippen LogP contribution in [0.4, 0.5) is 0 Å². The van der Waals surface area contributed by atoms with Crippen molar-refractivity contribution in [3.05, 3.63) is 0 Å². The second kappa shape index (κ2) is 7.38. The lowest BCUT2D eigenvalue weighted by Crippen LogP contribution is -2.44. The average molecular weight is 241 g/mol. The van der Waals surface area contributed by atoms with Crippen molar-refractivity contribution in [3.8, 4) is 0 Å². The minimum Gasteiger partial charge on any atom is -0.374 e. The van der Waals surface area contributed by atoms with Crippen molar-refractivity contribution in [2.75, 3.05) is 13.2 Å². The fourth-order valence-electron chi connectivity index (χ4n) is 2.88. The molecule has 0 radical (unpaired) electrons. The van der Waals surface area contributed by atoms with Gasteiger partial charge >= 0.3 is 0 Å². The van der Waals surface area contributed by atoms with Gasteiger partial charge in [0.15, 0.2) is 0 Å². The third kappa shape index (κ3) is 4.59. The molecule has 0 aromatic carbocycles. The van der Waals surface area contributed by atoms with Crippen LogP contribution in [0.15, 0.2) is 0 Å². The van der Waals surface area contributed by atoms with E-state index in [4.69, 9.17) is 10.5 Å². The molecule has 0 aliphatic heterocycles. The van der Waals surface area contributed by atoms with Crippen LogP contribution in [0.25, 0.3) is 0 Å². The van der Waals surface area contributed by atoms with Gasteiger partial charge in [0.2, 0.25) is 0 Å². The molecule has 0 amide bonds. The minimum absolute atomic E-state index is 0.0130. The summed E-state index contributed by atoms with van der Waals surface area (Å²) in [6.45, 7) is 8.50. The summed E-state index contributed by atoms with van der Waals surface area (Å²) in [5, 5.41) is 0. The van der Waals surface area contributed by atoms with Crippen LogP contribution in [0.3, 0.4) is 0 Å². The Morgan fingerprint density at radius 3 is 2.35 bits per heavy atom. The molecule has 0 bridgehead atoms. The first kappa shape index (κ1) is 15.0. The lowest BCUT2D eigenvalue weighted by atomic mass is 9.74. The van der Waals surface area contributed by atoms with Crippen molar-refractivity contribution in [2.24, 2.45) is 17.6 Å². The fraction of sp³-hybridized carbons (Fsp3) is 1.00. The molecule has 1 aliphatic rings. The van der Waals surface area contributed by atoms with E-state index in [0.717, 1.165) is 18.4 Å². The van der Waals surface area contributed by atoms with E-state index in [1.807, 2.05) is 0 Å². The Balaban J connectivity index is 2.33. The molecule has 1 fully saturated rings. The van der Waals surface area contributed by atoms with Crippen molar-refractivity contribution in [3.63, 3.8) is 0 Å². The molecule has 1 rings (SSSR count). The van der Waals surface area contributed by atoms with E-state index >= 15 is 0 Å². The molecule has 1 aliphatic carbocycles. The number of rotatable bonds is 7. The maximum atomic E-state index is 6.12. The number of ether oxygens (including phenoxy) is 1. The van der Waals surface area contributed by atoms with E-state index in [2.05, 4.69) is 20.8 Å². The van der Waals surface area contributed by atoms with Crippen LogP contribution in [-0.4, -0.2) is 18.8 Å². The van der Waals surface area contributed by atoms with Gasteiger partial charge in [-0.3, -0.25) is 0 Å².